The van der Waals surface area contributed by atoms with Gasteiger partial charge >= 0.3 is 5.97 Å². The van der Waals surface area contributed by atoms with Gasteiger partial charge < -0.3 is 9.53 Å². The predicted octanol–water partition coefficient (Wildman–Crippen LogP) is 7.68. The molecule has 35 heavy (non-hydrogen) atoms. The summed E-state index contributed by atoms with van der Waals surface area (Å²) < 4.78 is 6.85. The molecule has 4 heteroatoms. The van der Waals surface area contributed by atoms with Crippen LogP contribution in [0, 0.1) is 17.8 Å². The van der Waals surface area contributed by atoms with Crippen molar-refractivity contribution in [1.82, 2.24) is 0 Å². The molecule has 0 spiro atoms. The minimum Gasteiger partial charge on any atom is -0.546 e. The Balaban J connectivity index is 1.63. The molecule has 0 amide bonds. The summed E-state index contributed by atoms with van der Waals surface area (Å²) >= 11 is 0. The van der Waals surface area contributed by atoms with E-state index in [1.165, 1.54) is 49.7 Å². The van der Waals surface area contributed by atoms with Crippen molar-refractivity contribution >= 4 is 27.2 Å². The zero-order chi connectivity index (χ0) is 25.0. The lowest BCUT2D eigenvalue weighted by molar-refractivity contribution is -0.00658. The van der Waals surface area contributed by atoms with Gasteiger partial charge in [-0.3, -0.25) is 0 Å². The smallest absolute Gasteiger partial charge is 0.335 e. The zero-order valence-electron chi connectivity index (χ0n) is 21.9. The molecule has 186 valence electrons. The SMILES string of the molecule is C[SiH](C)Oc1c(C=Cc2ccc(C(=O)O)cc2)ccc(C(C)(C)C)c1C12CC3CC(CC(C3)C1)C2. The number of aromatic carboxylic acids is 1. The van der Waals surface area contributed by atoms with Gasteiger partial charge in [0, 0.05) is 16.5 Å². The van der Waals surface area contributed by atoms with Crippen molar-refractivity contribution in [3.8, 4) is 5.75 Å². The number of hydrogen-bond acceptors (Lipinski definition) is 2. The van der Waals surface area contributed by atoms with E-state index in [1.807, 2.05) is 12.1 Å². The minimum absolute atomic E-state index is 0.0597. The number of hydrogen-bond donors (Lipinski definition) is 1. The van der Waals surface area contributed by atoms with E-state index >= 15 is 0 Å². The Hall–Kier alpha value is -2.33. The second-order valence-corrected chi connectivity index (χ2v) is 15.1. The summed E-state index contributed by atoms with van der Waals surface area (Å²) in [5.41, 5.74) is 5.77. The van der Waals surface area contributed by atoms with E-state index < -0.39 is 15.0 Å². The maximum atomic E-state index is 11.2. The van der Waals surface area contributed by atoms with Crippen LogP contribution in [0.5, 0.6) is 5.75 Å². The third-order valence-electron chi connectivity index (χ3n) is 8.53. The normalized spacial score (nSPS) is 27.7. The van der Waals surface area contributed by atoms with Crippen molar-refractivity contribution in [2.24, 2.45) is 17.8 Å². The second kappa shape index (κ2) is 8.96. The molecule has 1 N–H and O–H groups in total. The Kier molecular flexibility index (Phi) is 6.23. The van der Waals surface area contributed by atoms with Crippen molar-refractivity contribution in [2.45, 2.75) is 83.2 Å². The highest BCUT2D eigenvalue weighted by Crippen LogP contribution is 2.63. The first-order valence-electron chi connectivity index (χ1n) is 13.4. The molecule has 4 saturated carbocycles. The fraction of sp³-hybridized carbons (Fsp3) is 0.516. The van der Waals surface area contributed by atoms with Crippen molar-refractivity contribution < 1.29 is 14.3 Å². The highest BCUT2D eigenvalue weighted by molar-refractivity contribution is 6.49. The van der Waals surface area contributed by atoms with Crippen molar-refractivity contribution in [1.29, 1.82) is 0 Å². The summed E-state index contributed by atoms with van der Waals surface area (Å²) in [6, 6.07) is 11.7. The summed E-state index contributed by atoms with van der Waals surface area (Å²) in [6.07, 6.45) is 12.5. The molecule has 2 aromatic carbocycles. The Morgan fingerprint density at radius 2 is 1.51 bits per heavy atom. The van der Waals surface area contributed by atoms with Gasteiger partial charge in [-0.15, -0.1) is 0 Å². The first-order valence-corrected chi connectivity index (χ1v) is 16.2. The third kappa shape index (κ3) is 4.74. The van der Waals surface area contributed by atoms with Gasteiger partial charge in [-0.2, -0.15) is 0 Å². The molecule has 0 aliphatic heterocycles. The van der Waals surface area contributed by atoms with Crippen LogP contribution in [0.2, 0.25) is 13.1 Å². The first-order chi connectivity index (χ1) is 16.5. The number of carbonyl (C=O) groups is 1. The average molecular weight is 489 g/mol. The Labute approximate surface area is 212 Å². The van der Waals surface area contributed by atoms with Crippen LogP contribution in [0.4, 0.5) is 0 Å². The molecule has 4 fully saturated rings. The van der Waals surface area contributed by atoms with Gasteiger partial charge in [0.15, 0.2) is 0 Å². The monoisotopic (exact) mass is 488 g/mol. The van der Waals surface area contributed by atoms with Gasteiger partial charge in [-0.05, 0) is 98.0 Å². The number of carboxylic acid groups (broad SMARTS) is 1. The molecular weight excluding hydrogens is 448 g/mol. The minimum atomic E-state index is -1.34. The average Bonchev–Trinajstić information content (AvgIpc) is 2.76. The van der Waals surface area contributed by atoms with Crippen LogP contribution in [0.15, 0.2) is 36.4 Å². The van der Waals surface area contributed by atoms with E-state index in [4.69, 9.17) is 4.43 Å². The quantitative estimate of drug-likeness (QED) is 0.335. The summed E-state index contributed by atoms with van der Waals surface area (Å²) in [7, 11) is -1.34. The first kappa shape index (κ1) is 24.4. The highest BCUT2D eigenvalue weighted by atomic mass is 28.3. The lowest BCUT2D eigenvalue weighted by Gasteiger charge is -2.58. The fourth-order valence-corrected chi connectivity index (χ4v) is 8.31. The van der Waals surface area contributed by atoms with Crippen molar-refractivity contribution in [3.05, 3.63) is 64.2 Å². The lowest BCUT2D eigenvalue weighted by atomic mass is 9.47. The summed E-state index contributed by atoms with van der Waals surface area (Å²) in [4.78, 5) is 11.2. The number of carboxylic acids is 1. The van der Waals surface area contributed by atoms with E-state index in [1.54, 1.807) is 12.1 Å². The zero-order valence-corrected chi connectivity index (χ0v) is 23.1. The van der Waals surface area contributed by atoms with E-state index in [0.29, 0.717) is 5.56 Å². The maximum Gasteiger partial charge on any atom is 0.335 e. The van der Waals surface area contributed by atoms with Crippen LogP contribution in [-0.4, -0.2) is 20.1 Å². The van der Waals surface area contributed by atoms with E-state index in [2.05, 4.69) is 58.2 Å². The third-order valence-corrected chi connectivity index (χ3v) is 9.24. The van der Waals surface area contributed by atoms with Crippen LogP contribution < -0.4 is 4.43 Å². The van der Waals surface area contributed by atoms with E-state index in [0.717, 1.165) is 34.6 Å². The van der Waals surface area contributed by atoms with Crippen LogP contribution in [0.25, 0.3) is 12.2 Å². The second-order valence-electron chi connectivity index (χ2n) is 12.8. The molecule has 4 aliphatic carbocycles. The fourth-order valence-electron chi connectivity index (χ4n) is 7.58. The molecule has 0 atom stereocenters. The van der Waals surface area contributed by atoms with Crippen LogP contribution >= 0.6 is 0 Å². The van der Waals surface area contributed by atoms with Gasteiger partial charge in [0.2, 0.25) is 9.04 Å². The number of rotatable bonds is 6. The molecule has 0 radical (unpaired) electrons. The van der Waals surface area contributed by atoms with Gasteiger partial charge in [0.1, 0.15) is 5.75 Å². The van der Waals surface area contributed by atoms with Gasteiger partial charge in [0.05, 0.1) is 5.56 Å². The molecule has 0 unspecified atom stereocenters. The Morgan fingerprint density at radius 3 is 2.00 bits per heavy atom. The van der Waals surface area contributed by atoms with Crippen LogP contribution in [0.3, 0.4) is 0 Å². The Morgan fingerprint density at radius 1 is 0.943 bits per heavy atom. The van der Waals surface area contributed by atoms with Gasteiger partial charge in [0.25, 0.3) is 0 Å². The molecule has 0 heterocycles. The molecule has 2 aromatic rings. The molecule has 4 bridgehead atoms. The lowest BCUT2D eigenvalue weighted by Crippen LogP contribution is -2.49. The molecule has 6 rings (SSSR count). The highest BCUT2D eigenvalue weighted by Gasteiger charge is 2.53. The summed E-state index contributed by atoms with van der Waals surface area (Å²) in [6.45, 7) is 11.6. The van der Waals surface area contributed by atoms with Crippen molar-refractivity contribution in [2.75, 3.05) is 0 Å². The van der Waals surface area contributed by atoms with E-state index in [-0.39, 0.29) is 10.8 Å². The molecule has 0 saturated heterocycles. The standard InChI is InChI=1S/C31H40O3Si/c1-30(2,3)26-13-12-24(9-6-20-7-10-25(11-8-20)29(32)33)28(34-35(4)5)27(26)31-17-21-14-22(18-31)16-23(15-21)19-31/h6-13,21-23,35H,14-19H2,1-5H3,(H,32,33). The van der Waals surface area contributed by atoms with Gasteiger partial charge in [-0.1, -0.05) is 57.2 Å². The van der Waals surface area contributed by atoms with Gasteiger partial charge in [-0.25, -0.2) is 4.79 Å². The summed E-state index contributed by atoms with van der Waals surface area (Å²) in [5, 5.41) is 9.21. The molecule has 0 aromatic heterocycles. The number of benzene rings is 2. The van der Waals surface area contributed by atoms with E-state index in [9.17, 15) is 9.90 Å². The predicted molar refractivity (Wildman–Crippen MR) is 147 cm³/mol. The van der Waals surface area contributed by atoms with Crippen LogP contribution in [-0.2, 0) is 10.8 Å². The maximum absolute atomic E-state index is 11.2. The molecule has 4 aliphatic rings. The van der Waals surface area contributed by atoms with Crippen LogP contribution in [0.1, 0.15) is 91.9 Å². The largest absolute Gasteiger partial charge is 0.546 e. The molecule has 3 nitrogen and oxygen atoms in total. The Bertz CT molecular complexity index is 1100. The molecular formula is C31H40O3Si. The van der Waals surface area contributed by atoms with Crippen molar-refractivity contribution in [3.63, 3.8) is 0 Å². The summed E-state index contributed by atoms with van der Waals surface area (Å²) in [5.74, 6) is 2.89. The topological polar surface area (TPSA) is 46.5 Å².